The third kappa shape index (κ3) is 3.07. The summed E-state index contributed by atoms with van der Waals surface area (Å²) >= 11 is 0. The number of aromatic nitrogens is 1. The standard InChI is InChI=1S/C16H18N2O3/c19-16(20)13-10-11-4-1-2-6-14(11)18-15(13)17-8-7-12-5-3-9-21-12/h3,5,9-10H,1-2,4,6-8H2,(H,17,18)(H,19,20). The molecule has 0 unspecified atom stereocenters. The van der Waals surface area contributed by atoms with Crippen LogP contribution in [0, 0.1) is 0 Å². The Morgan fingerprint density at radius 3 is 3.00 bits per heavy atom. The molecule has 5 heteroatoms. The van der Waals surface area contributed by atoms with Gasteiger partial charge < -0.3 is 14.8 Å². The van der Waals surface area contributed by atoms with Gasteiger partial charge in [0, 0.05) is 18.7 Å². The number of nitrogens with one attached hydrogen (secondary N) is 1. The topological polar surface area (TPSA) is 75.4 Å². The summed E-state index contributed by atoms with van der Waals surface area (Å²) in [4.78, 5) is 15.9. The molecule has 5 nitrogen and oxygen atoms in total. The number of pyridine rings is 1. The molecule has 3 rings (SSSR count). The van der Waals surface area contributed by atoms with Crippen molar-refractivity contribution in [3.05, 3.63) is 47.0 Å². The van der Waals surface area contributed by atoms with Crippen LogP contribution in [0.25, 0.3) is 0 Å². The summed E-state index contributed by atoms with van der Waals surface area (Å²) in [6.45, 7) is 0.597. The van der Waals surface area contributed by atoms with Gasteiger partial charge in [-0.25, -0.2) is 9.78 Å². The number of carbonyl (C=O) groups is 1. The molecule has 2 N–H and O–H groups in total. The average molecular weight is 286 g/mol. The highest BCUT2D eigenvalue weighted by atomic mass is 16.4. The minimum atomic E-state index is -0.934. The van der Waals surface area contributed by atoms with E-state index in [1.165, 1.54) is 0 Å². The van der Waals surface area contributed by atoms with E-state index in [9.17, 15) is 9.90 Å². The molecule has 0 aliphatic heterocycles. The SMILES string of the molecule is O=C(O)c1cc2c(nc1NCCc1ccco1)CCCC2. The van der Waals surface area contributed by atoms with Crippen molar-refractivity contribution in [2.45, 2.75) is 32.1 Å². The molecule has 0 bridgehead atoms. The van der Waals surface area contributed by atoms with Crippen molar-refractivity contribution in [1.29, 1.82) is 0 Å². The maximum Gasteiger partial charge on any atom is 0.339 e. The molecule has 0 amide bonds. The summed E-state index contributed by atoms with van der Waals surface area (Å²) in [5.74, 6) is 0.406. The fourth-order valence-electron chi connectivity index (χ4n) is 2.69. The molecule has 2 heterocycles. The van der Waals surface area contributed by atoms with E-state index in [0.717, 1.165) is 42.7 Å². The first kappa shape index (κ1) is 13.7. The minimum Gasteiger partial charge on any atom is -0.478 e. The second-order valence-electron chi connectivity index (χ2n) is 5.26. The van der Waals surface area contributed by atoms with Crippen molar-refractivity contribution in [2.24, 2.45) is 0 Å². The number of hydrogen-bond donors (Lipinski definition) is 2. The van der Waals surface area contributed by atoms with Gasteiger partial charge in [0.25, 0.3) is 0 Å². The van der Waals surface area contributed by atoms with Crippen molar-refractivity contribution >= 4 is 11.8 Å². The quantitative estimate of drug-likeness (QED) is 0.884. The second-order valence-corrected chi connectivity index (χ2v) is 5.26. The molecule has 0 aromatic carbocycles. The molecule has 1 aliphatic carbocycles. The number of hydrogen-bond acceptors (Lipinski definition) is 4. The number of fused-ring (bicyclic) bond motifs is 1. The summed E-state index contributed by atoms with van der Waals surface area (Å²) in [7, 11) is 0. The number of aryl methyl sites for hydroxylation is 2. The maximum atomic E-state index is 11.4. The lowest BCUT2D eigenvalue weighted by atomic mass is 9.94. The van der Waals surface area contributed by atoms with Crippen LogP contribution in [0.4, 0.5) is 5.82 Å². The van der Waals surface area contributed by atoms with Crippen LogP contribution < -0.4 is 5.32 Å². The zero-order valence-corrected chi connectivity index (χ0v) is 11.8. The van der Waals surface area contributed by atoms with Gasteiger partial charge in [-0.05, 0) is 49.4 Å². The Kier molecular flexibility index (Phi) is 3.90. The number of aromatic carboxylic acids is 1. The van der Waals surface area contributed by atoms with Crippen LogP contribution >= 0.6 is 0 Å². The Balaban J connectivity index is 1.77. The molecule has 0 fully saturated rings. The number of rotatable bonds is 5. The van der Waals surface area contributed by atoms with E-state index in [0.29, 0.717) is 18.8 Å². The first-order valence-corrected chi connectivity index (χ1v) is 7.26. The molecular weight excluding hydrogens is 268 g/mol. The molecule has 2 aromatic rings. The number of carboxylic acid groups (broad SMARTS) is 1. The second kappa shape index (κ2) is 5.99. The van der Waals surface area contributed by atoms with Gasteiger partial charge in [-0.1, -0.05) is 0 Å². The highest BCUT2D eigenvalue weighted by molar-refractivity contribution is 5.93. The molecule has 0 saturated heterocycles. The van der Waals surface area contributed by atoms with Gasteiger partial charge in [0.05, 0.1) is 6.26 Å². The minimum absolute atomic E-state index is 0.259. The third-order valence-electron chi connectivity index (χ3n) is 3.78. The molecule has 0 atom stereocenters. The van der Waals surface area contributed by atoms with Crippen molar-refractivity contribution in [1.82, 2.24) is 4.98 Å². The molecule has 0 radical (unpaired) electrons. The summed E-state index contributed by atoms with van der Waals surface area (Å²) in [6.07, 6.45) is 6.43. The fourth-order valence-corrected chi connectivity index (χ4v) is 2.69. The molecule has 21 heavy (non-hydrogen) atoms. The van der Waals surface area contributed by atoms with Crippen LogP contribution in [0.3, 0.4) is 0 Å². The third-order valence-corrected chi connectivity index (χ3v) is 3.78. The van der Waals surface area contributed by atoms with Crippen molar-refractivity contribution in [3.8, 4) is 0 Å². The van der Waals surface area contributed by atoms with Crippen LogP contribution in [-0.4, -0.2) is 22.6 Å². The lowest BCUT2D eigenvalue weighted by Gasteiger charge is -2.18. The van der Waals surface area contributed by atoms with E-state index < -0.39 is 5.97 Å². The largest absolute Gasteiger partial charge is 0.478 e. The van der Waals surface area contributed by atoms with E-state index >= 15 is 0 Å². The van der Waals surface area contributed by atoms with E-state index in [1.807, 2.05) is 12.1 Å². The summed E-state index contributed by atoms with van der Waals surface area (Å²) in [5, 5.41) is 12.5. The monoisotopic (exact) mass is 286 g/mol. The zero-order valence-electron chi connectivity index (χ0n) is 11.8. The van der Waals surface area contributed by atoms with Crippen LogP contribution in [0.2, 0.25) is 0 Å². The number of anilines is 1. The van der Waals surface area contributed by atoms with Gasteiger partial charge in [0.1, 0.15) is 17.1 Å². The van der Waals surface area contributed by atoms with Crippen molar-refractivity contribution in [2.75, 3.05) is 11.9 Å². The van der Waals surface area contributed by atoms with Gasteiger partial charge in [0.2, 0.25) is 0 Å². The zero-order chi connectivity index (χ0) is 14.7. The Bertz CT molecular complexity index is 635. The van der Waals surface area contributed by atoms with E-state index in [4.69, 9.17) is 4.42 Å². The Morgan fingerprint density at radius 2 is 2.24 bits per heavy atom. The highest BCUT2D eigenvalue weighted by Crippen LogP contribution is 2.24. The molecule has 1 aliphatic rings. The van der Waals surface area contributed by atoms with E-state index in [1.54, 1.807) is 12.3 Å². The van der Waals surface area contributed by atoms with E-state index in [2.05, 4.69) is 10.3 Å². The van der Waals surface area contributed by atoms with Gasteiger partial charge in [-0.15, -0.1) is 0 Å². The average Bonchev–Trinajstić information content (AvgIpc) is 2.99. The first-order valence-electron chi connectivity index (χ1n) is 7.26. The molecule has 110 valence electrons. The summed E-state index contributed by atoms with van der Waals surface area (Å²) < 4.78 is 5.26. The maximum absolute atomic E-state index is 11.4. The number of nitrogens with zero attached hydrogens (tertiary/aromatic N) is 1. The van der Waals surface area contributed by atoms with Gasteiger partial charge in [0.15, 0.2) is 0 Å². The van der Waals surface area contributed by atoms with Crippen LogP contribution in [0.1, 0.15) is 40.2 Å². The fraction of sp³-hybridized carbons (Fsp3) is 0.375. The highest BCUT2D eigenvalue weighted by Gasteiger charge is 2.18. The summed E-state index contributed by atoms with van der Waals surface area (Å²) in [5.41, 5.74) is 2.37. The number of carboxylic acids is 1. The van der Waals surface area contributed by atoms with Crippen molar-refractivity contribution < 1.29 is 14.3 Å². The van der Waals surface area contributed by atoms with Crippen molar-refractivity contribution in [3.63, 3.8) is 0 Å². The molecule has 2 aromatic heterocycles. The van der Waals surface area contributed by atoms with Crippen LogP contribution in [-0.2, 0) is 19.3 Å². The molecule has 0 saturated carbocycles. The van der Waals surface area contributed by atoms with Crippen LogP contribution in [0.5, 0.6) is 0 Å². The lowest BCUT2D eigenvalue weighted by Crippen LogP contribution is -2.15. The predicted octanol–water partition coefficient (Wildman–Crippen LogP) is 2.91. The molecular formula is C16H18N2O3. The van der Waals surface area contributed by atoms with Gasteiger partial charge in [-0.3, -0.25) is 0 Å². The smallest absolute Gasteiger partial charge is 0.339 e. The summed E-state index contributed by atoms with van der Waals surface area (Å²) in [6, 6.07) is 5.52. The Morgan fingerprint density at radius 1 is 1.38 bits per heavy atom. The normalized spacial score (nSPS) is 13.7. The molecule has 0 spiro atoms. The van der Waals surface area contributed by atoms with Crippen LogP contribution in [0.15, 0.2) is 28.9 Å². The Hall–Kier alpha value is -2.30. The van der Waals surface area contributed by atoms with Gasteiger partial charge in [-0.2, -0.15) is 0 Å². The Labute approximate surface area is 123 Å². The number of furan rings is 1. The predicted molar refractivity (Wildman–Crippen MR) is 78.7 cm³/mol. The van der Waals surface area contributed by atoms with Gasteiger partial charge >= 0.3 is 5.97 Å². The first-order chi connectivity index (χ1) is 10.2. The van der Waals surface area contributed by atoms with E-state index in [-0.39, 0.29) is 5.56 Å². The lowest BCUT2D eigenvalue weighted by molar-refractivity contribution is 0.0697.